The quantitative estimate of drug-likeness (QED) is 0.280. The Hall–Kier alpha value is -2.80. The van der Waals surface area contributed by atoms with Crippen LogP contribution in [0.4, 0.5) is 14.5 Å². The van der Waals surface area contributed by atoms with Gasteiger partial charge in [-0.25, -0.2) is 8.78 Å². The number of hydrogen-bond donors (Lipinski definition) is 3. The first-order chi connectivity index (χ1) is 20.6. The third kappa shape index (κ3) is 8.23. The number of aliphatic hydroxyl groups excluding tert-OH is 2. The van der Waals surface area contributed by atoms with E-state index in [1.165, 1.54) is 6.07 Å². The van der Waals surface area contributed by atoms with Gasteiger partial charge in [-0.2, -0.15) is 0 Å². The fraction of sp³-hybridized carbons (Fsp3) is 0.438. The topological polar surface area (TPSA) is 100.0 Å². The van der Waals surface area contributed by atoms with Gasteiger partial charge in [0.2, 0.25) is 0 Å². The largest absolute Gasteiger partial charge is 0.394 e. The van der Waals surface area contributed by atoms with Crippen LogP contribution in [-0.2, 0) is 9.47 Å². The van der Waals surface area contributed by atoms with Gasteiger partial charge in [0, 0.05) is 70.6 Å². The van der Waals surface area contributed by atoms with Crippen molar-refractivity contribution in [2.24, 2.45) is 0 Å². The van der Waals surface area contributed by atoms with Crippen molar-refractivity contribution in [3.8, 4) is 0 Å². The second kappa shape index (κ2) is 15.3. The molecule has 0 radical (unpaired) electrons. The van der Waals surface area contributed by atoms with E-state index in [1.54, 1.807) is 32.3 Å². The number of aryl methyl sites for hydroxylation is 2. The maximum atomic E-state index is 14.2. The molecule has 6 rings (SSSR count). The number of aliphatic hydroxyl groups is 2. The fourth-order valence-corrected chi connectivity index (χ4v) is 5.74. The number of ether oxygens (including phenoxy) is 2. The Morgan fingerprint density at radius 3 is 2.05 bits per heavy atom. The summed E-state index contributed by atoms with van der Waals surface area (Å²) in [7, 11) is 0. The van der Waals surface area contributed by atoms with Crippen LogP contribution in [-0.4, -0.2) is 84.0 Å². The zero-order valence-corrected chi connectivity index (χ0v) is 26.4. The molecule has 0 bridgehead atoms. The van der Waals surface area contributed by atoms with Crippen LogP contribution in [0.15, 0.2) is 53.3 Å². The number of anilines is 1. The summed E-state index contributed by atoms with van der Waals surface area (Å²) in [6, 6.07) is 10.6. The predicted octanol–water partition coefficient (Wildman–Crippen LogP) is 5.07. The van der Waals surface area contributed by atoms with Crippen molar-refractivity contribution in [3.05, 3.63) is 76.0 Å². The van der Waals surface area contributed by atoms with Crippen molar-refractivity contribution in [1.29, 1.82) is 0 Å². The van der Waals surface area contributed by atoms with E-state index >= 15 is 0 Å². The Labute approximate surface area is 259 Å². The Morgan fingerprint density at radius 1 is 0.860 bits per heavy atom. The van der Waals surface area contributed by atoms with Crippen LogP contribution in [0.1, 0.15) is 25.0 Å². The highest BCUT2D eigenvalue weighted by Gasteiger charge is 2.27. The summed E-state index contributed by atoms with van der Waals surface area (Å²) in [4.78, 5) is 10.5. The van der Waals surface area contributed by atoms with Gasteiger partial charge in [-0.05, 0) is 74.0 Å². The molecular formula is C32H39BrF2N4O4. The van der Waals surface area contributed by atoms with Crippen LogP contribution in [0.25, 0.3) is 21.8 Å². The number of aromatic nitrogens is 2. The summed E-state index contributed by atoms with van der Waals surface area (Å²) in [5, 5.41) is 23.0. The van der Waals surface area contributed by atoms with Crippen molar-refractivity contribution in [3.63, 3.8) is 0 Å². The summed E-state index contributed by atoms with van der Waals surface area (Å²) in [5.41, 5.74) is 3.38. The van der Waals surface area contributed by atoms with Crippen molar-refractivity contribution < 1.29 is 28.5 Å². The van der Waals surface area contributed by atoms with Crippen LogP contribution in [0.3, 0.4) is 0 Å². The van der Waals surface area contributed by atoms with Crippen molar-refractivity contribution in [1.82, 2.24) is 15.3 Å². The molecule has 43 heavy (non-hydrogen) atoms. The fourth-order valence-electron chi connectivity index (χ4n) is 5.22. The van der Waals surface area contributed by atoms with Gasteiger partial charge >= 0.3 is 0 Å². The monoisotopic (exact) mass is 660 g/mol. The summed E-state index contributed by atoms with van der Waals surface area (Å²) >= 11 is 3.30. The Balaban J connectivity index is 0.000000163. The molecule has 4 aromatic rings. The number of rotatable bonds is 3. The lowest BCUT2D eigenvalue weighted by molar-refractivity contribution is -0.0518. The van der Waals surface area contributed by atoms with Gasteiger partial charge in [-0.15, -0.1) is 0 Å². The molecule has 0 unspecified atom stereocenters. The maximum absolute atomic E-state index is 14.2. The number of nitrogens with one attached hydrogen (secondary N) is 1. The Morgan fingerprint density at radius 2 is 1.44 bits per heavy atom. The number of nitrogens with zero attached hydrogens (tertiary/aromatic N) is 3. The van der Waals surface area contributed by atoms with E-state index in [4.69, 9.17) is 14.6 Å². The lowest BCUT2D eigenvalue weighted by Crippen LogP contribution is -2.48. The van der Waals surface area contributed by atoms with E-state index in [-0.39, 0.29) is 49.3 Å². The van der Waals surface area contributed by atoms with Crippen LogP contribution < -0.4 is 10.2 Å². The van der Waals surface area contributed by atoms with E-state index in [0.29, 0.717) is 29.7 Å². The second-order valence-corrected chi connectivity index (χ2v) is 11.7. The van der Waals surface area contributed by atoms with E-state index in [9.17, 15) is 13.9 Å². The highest BCUT2D eigenvalue weighted by molar-refractivity contribution is 9.10. The molecule has 2 fully saturated rings. The Kier molecular flexibility index (Phi) is 11.8. The number of fused-ring (bicyclic) bond motifs is 2. The first-order valence-electron chi connectivity index (χ1n) is 14.3. The third-order valence-electron chi connectivity index (χ3n) is 7.40. The van der Waals surface area contributed by atoms with Gasteiger partial charge in [0.1, 0.15) is 11.6 Å². The number of morpholine rings is 2. The zero-order valence-electron chi connectivity index (χ0n) is 24.9. The lowest BCUT2D eigenvalue weighted by atomic mass is 10.1. The molecule has 2 aliphatic heterocycles. The molecule has 4 atom stereocenters. The molecule has 2 aliphatic rings. The van der Waals surface area contributed by atoms with E-state index in [1.807, 2.05) is 38.1 Å². The second-order valence-electron chi connectivity index (χ2n) is 10.8. The highest BCUT2D eigenvalue weighted by Crippen LogP contribution is 2.32. The summed E-state index contributed by atoms with van der Waals surface area (Å²) in [6.45, 7) is 10.4. The van der Waals surface area contributed by atoms with E-state index in [2.05, 4.69) is 36.1 Å². The molecule has 4 heterocycles. The number of hydrogen-bond acceptors (Lipinski definition) is 8. The van der Waals surface area contributed by atoms with E-state index in [0.717, 1.165) is 39.5 Å². The standard InChI is InChI=1S/C16H19FN2O2.C10H7BrFN.C6H13NO2/c1-10-7-19(8-12(9-20)21-10)15-6-14(17)11(2)16-13(15)4-3-5-18-16;1-6-9(12)5-8(11)7-3-2-4-13-10(6)7;1-5-2-7-3-6(4-8)9-5/h3-6,10,12,20H,7-9H2,1-2H3;2-5H,1H3;5-8H,2-4H2,1H3/t10-,12-;;5-,6-/m1.1/s1. The minimum atomic E-state index is -0.254. The first kappa shape index (κ1) is 33.1. The van der Waals surface area contributed by atoms with E-state index < -0.39 is 0 Å². The lowest BCUT2D eigenvalue weighted by Gasteiger charge is -2.38. The van der Waals surface area contributed by atoms with Gasteiger partial charge < -0.3 is 29.9 Å². The molecule has 2 aromatic heterocycles. The van der Waals surface area contributed by atoms with Crippen LogP contribution >= 0.6 is 15.9 Å². The number of pyridine rings is 2. The Bertz CT molecular complexity index is 1530. The van der Waals surface area contributed by atoms with Gasteiger partial charge in [0.25, 0.3) is 0 Å². The van der Waals surface area contributed by atoms with Crippen LogP contribution in [0.5, 0.6) is 0 Å². The molecule has 2 saturated heterocycles. The molecule has 0 spiro atoms. The van der Waals surface area contributed by atoms with Crippen LogP contribution in [0, 0.1) is 25.5 Å². The molecule has 232 valence electrons. The third-order valence-corrected chi connectivity index (χ3v) is 8.05. The van der Waals surface area contributed by atoms with Gasteiger partial charge in [-0.1, -0.05) is 6.07 Å². The van der Waals surface area contributed by atoms with Crippen molar-refractivity contribution >= 4 is 43.4 Å². The predicted molar refractivity (Wildman–Crippen MR) is 169 cm³/mol. The van der Waals surface area contributed by atoms with Gasteiger partial charge in [0.15, 0.2) is 0 Å². The SMILES string of the molecule is C[C@@H]1CNC[C@H](CO)O1.Cc1c(F)cc(Br)c2cccnc12.Cc1c(F)cc(N2C[C@H](CO)O[C@H](C)C2)c2cccnc12. The first-order valence-corrected chi connectivity index (χ1v) is 15.1. The van der Waals surface area contributed by atoms with Crippen molar-refractivity contribution in [2.45, 2.75) is 52.1 Å². The molecule has 11 heteroatoms. The smallest absolute Gasteiger partial charge is 0.130 e. The molecular weight excluding hydrogens is 622 g/mol. The molecule has 0 saturated carbocycles. The number of benzene rings is 2. The average Bonchev–Trinajstić information content (AvgIpc) is 3.02. The zero-order chi connectivity index (χ0) is 31.1. The maximum Gasteiger partial charge on any atom is 0.130 e. The summed E-state index contributed by atoms with van der Waals surface area (Å²) < 4.78 is 39.2. The molecule has 0 amide bonds. The molecule has 3 N–H and O–H groups in total. The van der Waals surface area contributed by atoms with Crippen LogP contribution in [0.2, 0.25) is 0 Å². The minimum Gasteiger partial charge on any atom is -0.394 e. The minimum absolute atomic E-state index is 0.00742. The molecule has 0 aliphatic carbocycles. The van der Waals surface area contributed by atoms with Gasteiger partial charge in [-0.3, -0.25) is 9.97 Å². The van der Waals surface area contributed by atoms with Crippen molar-refractivity contribution in [2.75, 3.05) is 44.3 Å². The van der Waals surface area contributed by atoms with Gasteiger partial charge in [0.05, 0.1) is 48.7 Å². The number of halogens is 3. The molecule has 2 aromatic carbocycles. The average molecular weight is 662 g/mol. The molecule has 8 nitrogen and oxygen atoms in total. The summed E-state index contributed by atoms with van der Waals surface area (Å²) in [6.07, 6.45) is 3.35. The highest BCUT2D eigenvalue weighted by atomic mass is 79.9. The summed E-state index contributed by atoms with van der Waals surface area (Å²) in [5.74, 6) is -0.478. The normalized spacial score (nSPS) is 22.0.